The van der Waals surface area contributed by atoms with Crippen molar-refractivity contribution in [3.8, 4) is 11.3 Å². The third kappa shape index (κ3) is 3.37. The number of carbonyl (C=O) groups is 1. The van der Waals surface area contributed by atoms with Crippen LogP contribution in [0.25, 0.3) is 11.3 Å². The topological polar surface area (TPSA) is 88.5 Å². The van der Waals surface area contributed by atoms with Gasteiger partial charge in [0.05, 0.1) is 11.4 Å². The van der Waals surface area contributed by atoms with Crippen molar-refractivity contribution in [2.24, 2.45) is 5.41 Å². The van der Waals surface area contributed by atoms with E-state index in [9.17, 15) is 4.79 Å². The van der Waals surface area contributed by atoms with Crippen molar-refractivity contribution in [1.82, 2.24) is 30.3 Å². The van der Waals surface area contributed by atoms with Crippen molar-refractivity contribution in [2.75, 3.05) is 6.54 Å². The maximum Gasteiger partial charge on any atom is 0.269 e. The van der Waals surface area contributed by atoms with Gasteiger partial charge >= 0.3 is 0 Å². The number of aryl methyl sites for hydroxylation is 2. The third-order valence-electron chi connectivity index (χ3n) is 4.97. The molecule has 0 aliphatic heterocycles. The smallest absolute Gasteiger partial charge is 0.269 e. The van der Waals surface area contributed by atoms with Crippen LogP contribution in [0, 0.1) is 19.3 Å². The van der Waals surface area contributed by atoms with Crippen molar-refractivity contribution < 1.29 is 4.79 Å². The fourth-order valence-electron chi connectivity index (χ4n) is 3.19. The molecule has 0 spiro atoms. The summed E-state index contributed by atoms with van der Waals surface area (Å²) in [6, 6.07) is 7.59. The van der Waals surface area contributed by atoms with E-state index in [1.54, 1.807) is 18.5 Å². The van der Waals surface area contributed by atoms with Crippen molar-refractivity contribution in [3.63, 3.8) is 0 Å². The second-order valence-corrected chi connectivity index (χ2v) is 7.17. The highest BCUT2D eigenvalue weighted by Crippen LogP contribution is 2.46. The molecule has 0 aromatic carbocycles. The van der Waals surface area contributed by atoms with Crippen molar-refractivity contribution >= 4 is 5.91 Å². The first-order chi connectivity index (χ1) is 12.5. The van der Waals surface area contributed by atoms with Gasteiger partial charge in [0.2, 0.25) is 0 Å². The van der Waals surface area contributed by atoms with Gasteiger partial charge in [0, 0.05) is 42.2 Å². The monoisotopic (exact) mass is 350 g/mol. The molecule has 4 rings (SSSR count). The number of carbonyl (C=O) groups excluding carboxylic acids is 1. The molecule has 134 valence electrons. The Morgan fingerprint density at radius 3 is 2.69 bits per heavy atom. The first-order valence-electron chi connectivity index (χ1n) is 8.80. The molecule has 1 amide bonds. The van der Waals surface area contributed by atoms with E-state index >= 15 is 0 Å². The fourth-order valence-corrected chi connectivity index (χ4v) is 3.19. The lowest BCUT2D eigenvalue weighted by atomic mass is 10.1. The van der Waals surface area contributed by atoms with Gasteiger partial charge in [-0.3, -0.25) is 19.6 Å². The number of nitrogens with one attached hydrogen (secondary N) is 2. The van der Waals surface area contributed by atoms with Gasteiger partial charge in [-0.15, -0.1) is 0 Å². The lowest BCUT2D eigenvalue weighted by Gasteiger charge is -2.17. The number of pyridine rings is 1. The number of hydrogen-bond donors (Lipinski definition) is 2. The molecule has 0 bridgehead atoms. The Morgan fingerprint density at radius 2 is 2.04 bits per heavy atom. The summed E-state index contributed by atoms with van der Waals surface area (Å²) in [6.45, 7) is 5.56. The molecule has 0 atom stereocenters. The number of hydrogen-bond acceptors (Lipinski definition) is 4. The number of rotatable bonds is 6. The fraction of sp³-hybridized carbons (Fsp3) is 0.368. The molecule has 1 saturated carbocycles. The molecule has 7 nitrogen and oxygen atoms in total. The third-order valence-corrected chi connectivity index (χ3v) is 4.97. The van der Waals surface area contributed by atoms with Crippen LogP contribution in [0.4, 0.5) is 0 Å². The van der Waals surface area contributed by atoms with Crippen LogP contribution in [0.1, 0.15) is 34.7 Å². The molecule has 26 heavy (non-hydrogen) atoms. The maximum absolute atomic E-state index is 12.5. The normalized spacial score (nSPS) is 15.0. The molecule has 0 radical (unpaired) electrons. The Bertz CT molecular complexity index is 923. The molecule has 0 saturated heterocycles. The Kier molecular flexibility index (Phi) is 4.06. The van der Waals surface area contributed by atoms with Crippen LogP contribution in [0.2, 0.25) is 0 Å². The van der Waals surface area contributed by atoms with Gasteiger partial charge < -0.3 is 5.32 Å². The van der Waals surface area contributed by atoms with E-state index in [-0.39, 0.29) is 11.3 Å². The van der Waals surface area contributed by atoms with E-state index in [1.165, 1.54) is 0 Å². The summed E-state index contributed by atoms with van der Waals surface area (Å²) < 4.78 is 2.05. The zero-order valence-corrected chi connectivity index (χ0v) is 15.0. The van der Waals surface area contributed by atoms with Gasteiger partial charge in [-0.25, -0.2) is 0 Å². The molecular weight excluding hydrogens is 328 g/mol. The lowest BCUT2D eigenvalue weighted by Crippen LogP contribution is -2.33. The summed E-state index contributed by atoms with van der Waals surface area (Å²) >= 11 is 0. The quantitative estimate of drug-likeness (QED) is 0.715. The van der Waals surface area contributed by atoms with Crippen LogP contribution in [0.3, 0.4) is 0 Å². The Hall–Kier alpha value is -2.96. The molecule has 1 aliphatic rings. The van der Waals surface area contributed by atoms with Gasteiger partial charge in [0.25, 0.3) is 5.91 Å². The molecule has 7 heteroatoms. The molecule has 3 aromatic heterocycles. The van der Waals surface area contributed by atoms with Crippen molar-refractivity contribution in [3.05, 3.63) is 53.7 Å². The summed E-state index contributed by atoms with van der Waals surface area (Å²) in [4.78, 5) is 16.5. The van der Waals surface area contributed by atoms with Crippen LogP contribution in [-0.4, -0.2) is 37.4 Å². The second-order valence-electron chi connectivity index (χ2n) is 7.17. The maximum atomic E-state index is 12.5. The molecule has 1 aliphatic carbocycles. The summed E-state index contributed by atoms with van der Waals surface area (Å²) in [7, 11) is 0. The molecule has 1 fully saturated rings. The minimum atomic E-state index is -0.127. The first-order valence-corrected chi connectivity index (χ1v) is 8.80. The van der Waals surface area contributed by atoms with E-state index in [0.29, 0.717) is 12.2 Å². The molecule has 3 aromatic rings. The summed E-state index contributed by atoms with van der Waals surface area (Å²) in [5.74, 6) is -0.127. The SMILES string of the molecule is Cc1cc(C)n(CC2(CNC(=O)c3cc(-c4ccncc4)n[nH]3)CC2)n1. The van der Waals surface area contributed by atoms with E-state index in [4.69, 9.17) is 0 Å². The van der Waals surface area contributed by atoms with Crippen molar-refractivity contribution in [1.29, 1.82) is 0 Å². The van der Waals surface area contributed by atoms with Crippen LogP contribution in [-0.2, 0) is 6.54 Å². The summed E-state index contributed by atoms with van der Waals surface area (Å²) in [5, 5.41) is 14.6. The minimum absolute atomic E-state index is 0.118. The van der Waals surface area contributed by atoms with Gasteiger partial charge in [0.15, 0.2) is 0 Å². The number of nitrogens with zero attached hydrogens (tertiary/aromatic N) is 4. The zero-order chi connectivity index (χ0) is 18.1. The first kappa shape index (κ1) is 16.5. The Morgan fingerprint density at radius 1 is 1.27 bits per heavy atom. The van der Waals surface area contributed by atoms with Crippen LogP contribution < -0.4 is 5.32 Å². The predicted molar refractivity (Wildman–Crippen MR) is 97.5 cm³/mol. The largest absolute Gasteiger partial charge is 0.350 e. The van der Waals surface area contributed by atoms with Crippen molar-refractivity contribution in [2.45, 2.75) is 33.2 Å². The van der Waals surface area contributed by atoms with Crippen LogP contribution in [0.15, 0.2) is 36.7 Å². The highest BCUT2D eigenvalue weighted by atomic mass is 16.1. The summed E-state index contributed by atoms with van der Waals surface area (Å²) in [5.41, 5.74) is 4.45. The lowest BCUT2D eigenvalue weighted by molar-refractivity contribution is 0.0937. The van der Waals surface area contributed by atoms with Gasteiger partial charge in [-0.1, -0.05) is 0 Å². The van der Waals surface area contributed by atoms with E-state index < -0.39 is 0 Å². The van der Waals surface area contributed by atoms with E-state index in [0.717, 1.165) is 42.0 Å². The Balaban J connectivity index is 1.38. The number of amides is 1. The molecule has 2 N–H and O–H groups in total. The van der Waals surface area contributed by atoms with Gasteiger partial charge in [-0.05, 0) is 51.0 Å². The number of H-pyrrole nitrogens is 1. The molecule has 3 heterocycles. The highest BCUT2D eigenvalue weighted by molar-refractivity contribution is 5.93. The van der Waals surface area contributed by atoms with Crippen LogP contribution >= 0.6 is 0 Å². The summed E-state index contributed by atoms with van der Waals surface area (Å²) in [6.07, 6.45) is 5.63. The Labute approximate surface area is 151 Å². The van der Waals surface area contributed by atoms with E-state index in [1.807, 2.05) is 23.7 Å². The zero-order valence-electron chi connectivity index (χ0n) is 15.0. The van der Waals surface area contributed by atoms with E-state index in [2.05, 4.69) is 38.6 Å². The highest BCUT2D eigenvalue weighted by Gasteiger charge is 2.43. The molecule has 0 unspecified atom stereocenters. The standard InChI is InChI=1S/C19H22N6O/c1-13-9-14(2)25(24-13)12-19(5-6-19)11-21-18(26)17-10-16(22-23-17)15-3-7-20-8-4-15/h3-4,7-10H,5-6,11-12H2,1-2H3,(H,21,26)(H,22,23). The number of aromatic amines is 1. The minimum Gasteiger partial charge on any atom is -0.350 e. The number of aromatic nitrogens is 5. The molecular formula is C19H22N6O. The van der Waals surface area contributed by atoms with Gasteiger partial charge in [0.1, 0.15) is 5.69 Å². The average Bonchev–Trinajstić information content (AvgIpc) is 3.08. The van der Waals surface area contributed by atoms with Crippen LogP contribution in [0.5, 0.6) is 0 Å². The average molecular weight is 350 g/mol. The predicted octanol–water partition coefficient (Wildman–Crippen LogP) is 2.50. The second kappa shape index (κ2) is 6.40. The van der Waals surface area contributed by atoms with Gasteiger partial charge in [-0.2, -0.15) is 10.2 Å².